The van der Waals surface area contributed by atoms with Crippen LogP contribution in [-0.4, -0.2) is 26.1 Å². The summed E-state index contributed by atoms with van der Waals surface area (Å²) >= 11 is 0. The molecule has 2 rings (SSSR count). The summed E-state index contributed by atoms with van der Waals surface area (Å²) in [4.78, 5) is 0. The van der Waals surface area contributed by atoms with Gasteiger partial charge in [-0.15, -0.1) is 0 Å². The van der Waals surface area contributed by atoms with Gasteiger partial charge in [-0.3, -0.25) is 9.36 Å². The molecule has 0 aliphatic rings. The second kappa shape index (κ2) is 5.82. The molecule has 0 saturated carbocycles. The minimum Gasteiger partial charge on any atom is -0.310 e. The van der Waals surface area contributed by atoms with E-state index in [1.165, 1.54) is 5.56 Å². The van der Waals surface area contributed by atoms with E-state index in [0.717, 1.165) is 25.2 Å². The zero-order chi connectivity index (χ0) is 13.0. The molecule has 0 bridgehead atoms. The van der Waals surface area contributed by atoms with Crippen LogP contribution in [-0.2, 0) is 13.6 Å². The van der Waals surface area contributed by atoms with Gasteiger partial charge in [0.1, 0.15) is 0 Å². The fourth-order valence-electron chi connectivity index (χ4n) is 2.15. The highest BCUT2D eigenvalue weighted by molar-refractivity contribution is 5.19. The van der Waals surface area contributed by atoms with E-state index in [1.54, 1.807) is 0 Å². The molecule has 1 unspecified atom stereocenters. The average molecular weight is 247 g/mol. The first-order valence-electron chi connectivity index (χ1n) is 6.38. The summed E-state index contributed by atoms with van der Waals surface area (Å²) in [6, 6.07) is 2.30. The molecule has 2 aromatic rings. The van der Waals surface area contributed by atoms with Gasteiger partial charge in [-0.05, 0) is 32.9 Å². The first-order chi connectivity index (χ1) is 8.66. The van der Waals surface area contributed by atoms with E-state index in [4.69, 9.17) is 0 Å². The molecule has 0 saturated heterocycles. The molecule has 0 radical (unpaired) electrons. The van der Waals surface area contributed by atoms with Crippen LogP contribution in [0.1, 0.15) is 30.6 Å². The summed E-state index contributed by atoms with van der Waals surface area (Å²) < 4.78 is 3.83. The minimum absolute atomic E-state index is 0.344. The van der Waals surface area contributed by atoms with Crippen LogP contribution >= 0.6 is 0 Å². The van der Waals surface area contributed by atoms with Gasteiger partial charge in [-0.1, -0.05) is 0 Å². The number of aromatic nitrogens is 4. The maximum absolute atomic E-state index is 4.36. The highest BCUT2D eigenvalue weighted by Crippen LogP contribution is 2.15. The molecule has 0 aliphatic heterocycles. The van der Waals surface area contributed by atoms with Crippen molar-refractivity contribution in [1.82, 2.24) is 24.9 Å². The zero-order valence-corrected chi connectivity index (χ0v) is 11.3. The third-order valence-electron chi connectivity index (χ3n) is 3.09. The number of nitrogens with one attached hydrogen (secondary N) is 1. The van der Waals surface area contributed by atoms with Crippen molar-refractivity contribution in [2.24, 2.45) is 7.05 Å². The van der Waals surface area contributed by atoms with E-state index >= 15 is 0 Å². The Bertz CT molecular complexity index is 472. The molecule has 2 heterocycles. The van der Waals surface area contributed by atoms with Crippen LogP contribution in [0.2, 0.25) is 0 Å². The van der Waals surface area contributed by atoms with Crippen molar-refractivity contribution in [1.29, 1.82) is 0 Å². The van der Waals surface area contributed by atoms with E-state index < -0.39 is 0 Å². The van der Waals surface area contributed by atoms with Crippen LogP contribution in [0.4, 0.5) is 0 Å². The Morgan fingerprint density at radius 1 is 1.44 bits per heavy atom. The maximum atomic E-state index is 4.36. The van der Waals surface area contributed by atoms with Crippen LogP contribution in [0.3, 0.4) is 0 Å². The molecule has 5 heteroatoms. The Morgan fingerprint density at radius 3 is 2.89 bits per heavy atom. The van der Waals surface area contributed by atoms with Crippen LogP contribution in [0.5, 0.6) is 0 Å². The van der Waals surface area contributed by atoms with Crippen molar-refractivity contribution < 1.29 is 0 Å². The Morgan fingerprint density at radius 2 is 2.28 bits per heavy atom. The summed E-state index contributed by atoms with van der Waals surface area (Å²) in [5.41, 5.74) is 2.38. The lowest BCUT2D eigenvalue weighted by Crippen LogP contribution is -2.21. The fraction of sp³-hybridized carbons (Fsp3) is 0.538. The largest absolute Gasteiger partial charge is 0.310 e. The van der Waals surface area contributed by atoms with Crippen molar-refractivity contribution in [2.45, 2.75) is 32.9 Å². The average Bonchev–Trinajstić information content (AvgIpc) is 2.94. The van der Waals surface area contributed by atoms with E-state index in [-0.39, 0.29) is 0 Å². The SMILES string of the molecule is Cc1nn(C)cc1C(C)NCCCn1cccn1. The van der Waals surface area contributed by atoms with Crippen molar-refractivity contribution in [3.63, 3.8) is 0 Å². The Kier molecular flexibility index (Phi) is 4.15. The van der Waals surface area contributed by atoms with Gasteiger partial charge in [0, 0.05) is 43.8 Å². The van der Waals surface area contributed by atoms with Gasteiger partial charge < -0.3 is 5.32 Å². The topological polar surface area (TPSA) is 47.7 Å². The first-order valence-corrected chi connectivity index (χ1v) is 6.38. The lowest BCUT2D eigenvalue weighted by Gasteiger charge is -2.12. The number of hydrogen-bond donors (Lipinski definition) is 1. The van der Waals surface area contributed by atoms with Gasteiger partial charge in [0.05, 0.1) is 5.69 Å². The molecule has 0 aliphatic carbocycles. The Balaban J connectivity index is 1.75. The van der Waals surface area contributed by atoms with Crippen LogP contribution in [0.15, 0.2) is 24.7 Å². The van der Waals surface area contributed by atoms with E-state index in [9.17, 15) is 0 Å². The second-order valence-corrected chi connectivity index (χ2v) is 4.64. The van der Waals surface area contributed by atoms with Gasteiger partial charge in [-0.25, -0.2) is 0 Å². The fourth-order valence-corrected chi connectivity index (χ4v) is 2.15. The number of hydrogen-bond acceptors (Lipinski definition) is 3. The smallest absolute Gasteiger partial charge is 0.0641 e. The van der Waals surface area contributed by atoms with Crippen LogP contribution in [0.25, 0.3) is 0 Å². The van der Waals surface area contributed by atoms with Gasteiger partial charge in [0.2, 0.25) is 0 Å². The van der Waals surface area contributed by atoms with Crippen molar-refractivity contribution in [2.75, 3.05) is 6.54 Å². The van der Waals surface area contributed by atoms with Crippen molar-refractivity contribution in [3.05, 3.63) is 35.9 Å². The van der Waals surface area contributed by atoms with Crippen LogP contribution < -0.4 is 5.32 Å². The van der Waals surface area contributed by atoms with Gasteiger partial charge in [0.15, 0.2) is 0 Å². The second-order valence-electron chi connectivity index (χ2n) is 4.64. The molecule has 98 valence electrons. The highest BCUT2D eigenvalue weighted by Gasteiger charge is 2.10. The molecule has 0 aromatic carbocycles. The van der Waals surface area contributed by atoms with E-state index in [0.29, 0.717) is 6.04 Å². The molecule has 1 atom stereocenters. The number of nitrogens with zero attached hydrogens (tertiary/aromatic N) is 4. The standard InChI is InChI=1S/C13H21N5/c1-11(13-10-17(3)16-12(13)2)14-6-4-8-18-9-5-7-15-18/h5,7,9-11,14H,4,6,8H2,1-3H3. The minimum atomic E-state index is 0.344. The molecule has 0 spiro atoms. The van der Waals surface area contributed by atoms with Gasteiger partial charge >= 0.3 is 0 Å². The monoisotopic (exact) mass is 247 g/mol. The first kappa shape index (κ1) is 12.8. The van der Waals surface area contributed by atoms with E-state index in [2.05, 4.69) is 35.6 Å². The molecule has 0 amide bonds. The summed E-state index contributed by atoms with van der Waals surface area (Å²) in [5.74, 6) is 0. The predicted molar refractivity (Wildman–Crippen MR) is 71.2 cm³/mol. The molecule has 5 nitrogen and oxygen atoms in total. The van der Waals surface area contributed by atoms with Crippen molar-refractivity contribution >= 4 is 0 Å². The van der Waals surface area contributed by atoms with Crippen LogP contribution in [0, 0.1) is 6.92 Å². The highest BCUT2D eigenvalue weighted by atomic mass is 15.3. The predicted octanol–water partition coefficient (Wildman–Crippen LogP) is 1.67. The lowest BCUT2D eigenvalue weighted by atomic mass is 10.1. The molecular formula is C13H21N5. The molecule has 0 fully saturated rings. The van der Waals surface area contributed by atoms with Gasteiger partial charge in [0.25, 0.3) is 0 Å². The molecule has 1 N–H and O–H groups in total. The quantitative estimate of drug-likeness (QED) is 0.790. The molecule has 2 aromatic heterocycles. The van der Waals surface area contributed by atoms with Crippen molar-refractivity contribution in [3.8, 4) is 0 Å². The Hall–Kier alpha value is -1.62. The number of rotatable bonds is 6. The lowest BCUT2D eigenvalue weighted by molar-refractivity contribution is 0.506. The normalized spacial score (nSPS) is 12.8. The molecule has 18 heavy (non-hydrogen) atoms. The Labute approximate surface area is 108 Å². The third-order valence-corrected chi connectivity index (χ3v) is 3.09. The summed E-state index contributed by atoms with van der Waals surface area (Å²) in [5, 5.41) is 12.1. The van der Waals surface area contributed by atoms with E-state index in [1.807, 2.05) is 34.9 Å². The zero-order valence-electron chi connectivity index (χ0n) is 11.3. The maximum Gasteiger partial charge on any atom is 0.0641 e. The summed E-state index contributed by atoms with van der Waals surface area (Å²) in [6.07, 6.45) is 6.97. The number of aryl methyl sites for hydroxylation is 3. The third kappa shape index (κ3) is 3.20. The summed E-state index contributed by atoms with van der Waals surface area (Å²) in [7, 11) is 1.96. The molecular weight excluding hydrogens is 226 g/mol. The van der Waals surface area contributed by atoms with Gasteiger partial charge in [-0.2, -0.15) is 10.2 Å². The summed E-state index contributed by atoms with van der Waals surface area (Å²) in [6.45, 7) is 6.17.